The molecular formula is C15H21N3OS. The maximum Gasteiger partial charge on any atom is 0.124 e. The molecular weight excluding hydrogens is 270 g/mol. The summed E-state index contributed by atoms with van der Waals surface area (Å²) in [7, 11) is 3.66. The summed E-state index contributed by atoms with van der Waals surface area (Å²) in [5.74, 6) is 1.24. The highest BCUT2D eigenvalue weighted by Crippen LogP contribution is 2.35. The van der Waals surface area contributed by atoms with Crippen LogP contribution in [0.4, 0.5) is 0 Å². The minimum absolute atomic E-state index is 0.0576. The lowest BCUT2D eigenvalue weighted by Crippen LogP contribution is -2.19. The number of ether oxygens (including phenoxy) is 1. The van der Waals surface area contributed by atoms with E-state index in [1.165, 1.54) is 17.1 Å². The van der Waals surface area contributed by atoms with E-state index in [-0.39, 0.29) is 6.04 Å². The van der Waals surface area contributed by atoms with E-state index in [4.69, 9.17) is 4.74 Å². The first-order chi connectivity index (χ1) is 9.58. The summed E-state index contributed by atoms with van der Waals surface area (Å²) in [6.45, 7) is 6.37. The van der Waals surface area contributed by atoms with Crippen molar-refractivity contribution in [1.29, 1.82) is 0 Å². The smallest absolute Gasteiger partial charge is 0.124 e. The summed E-state index contributed by atoms with van der Waals surface area (Å²) in [6, 6.07) is 6.29. The zero-order chi connectivity index (χ0) is 14.7. The second-order valence-corrected chi connectivity index (χ2v) is 5.93. The first kappa shape index (κ1) is 14.9. The number of benzene rings is 1. The predicted octanol–water partition coefficient (Wildman–Crippen LogP) is 3.29. The van der Waals surface area contributed by atoms with Gasteiger partial charge in [0.05, 0.1) is 23.7 Å². The second-order valence-electron chi connectivity index (χ2n) is 5.14. The SMILES string of the molecule is CNC(c1cc(C)ccc1OC)c1snnc1C(C)C. The van der Waals surface area contributed by atoms with Crippen molar-refractivity contribution < 1.29 is 4.74 Å². The Hall–Kier alpha value is -1.46. The molecule has 0 aliphatic carbocycles. The Labute approximate surface area is 124 Å². The average molecular weight is 291 g/mol. The third-order valence-electron chi connectivity index (χ3n) is 3.33. The van der Waals surface area contributed by atoms with Crippen LogP contribution in [0.5, 0.6) is 5.75 Å². The molecule has 0 spiro atoms. The van der Waals surface area contributed by atoms with Gasteiger partial charge in [-0.25, -0.2) is 0 Å². The van der Waals surface area contributed by atoms with Crippen LogP contribution in [-0.2, 0) is 0 Å². The van der Waals surface area contributed by atoms with Gasteiger partial charge in [-0.3, -0.25) is 0 Å². The van der Waals surface area contributed by atoms with Crippen LogP contribution in [0.3, 0.4) is 0 Å². The number of aryl methyl sites for hydroxylation is 1. The van der Waals surface area contributed by atoms with Gasteiger partial charge in [0.2, 0.25) is 0 Å². The highest BCUT2D eigenvalue weighted by molar-refractivity contribution is 7.05. The molecule has 2 rings (SSSR count). The highest BCUT2D eigenvalue weighted by atomic mass is 32.1. The summed E-state index contributed by atoms with van der Waals surface area (Å²) in [4.78, 5) is 1.16. The van der Waals surface area contributed by atoms with Crippen LogP contribution in [0.2, 0.25) is 0 Å². The van der Waals surface area contributed by atoms with Crippen molar-refractivity contribution in [3.8, 4) is 5.75 Å². The summed E-state index contributed by atoms with van der Waals surface area (Å²) in [6.07, 6.45) is 0. The summed E-state index contributed by atoms with van der Waals surface area (Å²) in [5, 5.41) is 7.64. The van der Waals surface area contributed by atoms with Crippen molar-refractivity contribution in [2.45, 2.75) is 32.7 Å². The normalized spacial score (nSPS) is 12.7. The lowest BCUT2D eigenvalue weighted by atomic mass is 9.98. The van der Waals surface area contributed by atoms with E-state index in [0.717, 1.165) is 21.9 Å². The maximum atomic E-state index is 5.51. The molecule has 0 bridgehead atoms. The standard InChI is InChI=1S/C15H21N3OS/c1-9(2)13-15(20-18-17-13)14(16-4)11-8-10(3)6-7-12(11)19-5/h6-9,14,16H,1-5H3. The van der Waals surface area contributed by atoms with Crippen LogP contribution in [-0.4, -0.2) is 23.7 Å². The summed E-state index contributed by atoms with van der Waals surface area (Å²) < 4.78 is 9.63. The minimum Gasteiger partial charge on any atom is -0.496 e. The molecule has 0 saturated carbocycles. The number of nitrogens with zero attached hydrogens (tertiary/aromatic N) is 2. The Morgan fingerprint density at radius 1 is 1.30 bits per heavy atom. The molecule has 0 amide bonds. The topological polar surface area (TPSA) is 47.0 Å². The van der Waals surface area contributed by atoms with Crippen LogP contribution in [0, 0.1) is 6.92 Å². The summed E-state index contributed by atoms with van der Waals surface area (Å²) in [5.41, 5.74) is 3.39. The second kappa shape index (κ2) is 6.33. The van der Waals surface area contributed by atoms with Gasteiger partial charge in [-0.1, -0.05) is 36.0 Å². The van der Waals surface area contributed by atoms with Gasteiger partial charge in [-0.2, -0.15) is 0 Å². The third-order valence-corrected chi connectivity index (χ3v) is 4.14. The zero-order valence-electron chi connectivity index (χ0n) is 12.6. The Kier molecular flexibility index (Phi) is 4.73. The van der Waals surface area contributed by atoms with E-state index in [9.17, 15) is 0 Å². The first-order valence-electron chi connectivity index (χ1n) is 6.72. The Bertz CT molecular complexity index is 580. The number of methoxy groups -OCH3 is 1. The maximum absolute atomic E-state index is 5.51. The van der Waals surface area contributed by atoms with Gasteiger partial charge in [0.15, 0.2) is 0 Å². The Balaban J connectivity index is 2.52. The molecule has 0 aliphatic heterocycles. The monoisotopic (exact) mass is 291 g/mol. The lowest BCUT2D eigenvalue weighted by Gasteiger charge is -2.20. The number of rotatable bonds is 5. The average Bonchev–Trinajstić information content (AvgIpc) is 2.89. The fourth-order valence-corrected chi connectivity index (χ4v) is 3.25. The van der Waals surface area contributed by atoms with Gasteiger partial charge >= 0.3 is 0 Å². The Morgan fingerprint density at radius 3 is 2.65 bits per heavy atom. The lowest BCUT2D eigenvalue weighted by molar-refractivity contribution is 0.405. The van der Waals surface area contributed by atoms with Gasteiger partial charge in [0.1, 0.15) is 5.75 Å². The van der Waals surface area contributed by atoms with E-state index < -0.39 is 0 Å². The number of nitrogens with one attached hydrogen (secondary N) is 1. The van der Waals surface area contributed by atoms with Gasteiger partial charge in [0, 0.05) is 5.56 Å². The molecule has 1 atom stereocenters. The first-order valence-corrected chi connectivity index (χ1v) is 7.49. The van der Waals surface area contributed by atoms with Crippen molar-refractivity contribution in [1.82, 2.24) is 14.9 Å². The van der Waals surface area contributed by atoms with E-state index in [1.807, 2.05) is 13.1 Å². The van der Waals surface area contributed by atoms with Crippen molar-refractivity contribution in [2.24, 2.45) is 0 Å². The molecule has 5 heteroatoms. The molecule has 1 aromatic carbocycles. The van der Waals surface area contributed by atoms with E-state index in [2.05, 4.69) is 47.8 Å². The minimum atomic E-state index is 0.0576. The van der Waals surface area contributed by atoms with Gasteiger partial charge in [-0.15, -0.1) is 5.10 Å². The molecule has 1 aromatic heterocycles. The fourth-order valence-electron chi connectivity index (χ4n) is 2.31. The molecule has 0 radical (unpaired) electrons. The highest BCUT2D eigenvalue weighted by Gasteiger charge is 2.24. The van der Waals surface area contributed by atoms with Crippen LogP contribution in [0.25, 0.3) is 0 Å². The van der Waals surface area contributed by atoms with Crippen LogP contribution < -0.4 is 10.1 Å². The largest absolute Gasteiger partial charge is 0.496 e. The number of hydrogen-bond acceptors (Lipinski definition) is 5. The van der Waals surface area contributed by atoms with Crippen molar-refractivity contribution in [3.05, 3.63) is 39.9 Å². The zero-order valence-corrected chi connectivity index (χ0v) is 13.4. The third kappa shape index (κ3) is 2.83. The van der Waals surface area contributed by atoms with E-state index >= 15 is 0 Å². The van der Waals surface area contributed by atoms with Gasteiger partial charge in [0.25, 0.3) is 0 Å². The molecule has 0 fully saturated rings. The quantitative estimate of drug-likeness (QED) is 0.918. The fraction of sp³-hybridized carbons (Fsp3) is 0.467. The molecule has 1 N–H and O–H groups in total. The molecule has 0 saturated heterocycles. The molecule has 4 nitrogen and oxygen atoms in total. The van der Waals surface area contributed by atoms with E-state index in [0.29, 0.717) is 5.92 Å². The molecule has 1 heterocycles. The molecule has 108 valence electrons. The van der Waals surface area contributed by atoms with Crippen LogP contribution in [0.1, 0.15) is 47.5 Å². The van der Waals surface area contributed by atoms with Crippen molar-refractivity contribution in [3.63, 3.8) is 0 Å². The van der Waals surface area contributed by atoms with Crippen LogP contribution in [0.15, 0.2) is 18.2 Å². The number of aromatic nitrogens is 2. The predicted molar refractivity (Wildman–Crippen MR) is 82.6 cm³/mol. The molecule has 2 aromatic rings. The number of hydrogen-bond donors (Lipinski definition) is 1. The van der Waals surface area contributed by atoms with Gasteiger partial charge < -0.3 is 10.1 Å². The van der Waals surface area contributed by atoms with Crippen molar-refractivity contribution in [2.75, 3.05) is 14.2 Å². The molecule has 20 heavy (non-hydrogen) atoms. The molecule has 1 unspecified atom stereocenters. The van der Waals surface area contributed by atoms with Gasteiger partial charge in [-0.05, 0) is 37.5 Å². The van der Waals surface area contributed by atoms with Crippen LogP contribution >= 0.6 is 11.5 Å². The van der Waals surface area contributed by atoms with E-state index in [1.54, 1.807) is 7.11 Å². The Morgan fingerprint density at radius 2 is 2.05 bits per heavy atom. The van der Waals surface area contributed by atoms with Crippen molar-refractivity contribution >= 4 is 11.5 Å². The summed E-state index contributed by atoms with van der Waals surface area (Å²) >= 11 is 1.45. The molecule has 0 aliphatic rings.